The van der Waals surface area contributed by atoms with Crippen molar-refractivity contribution in [2.45, 2.75) is 51.9 Å². The molecule has 0 bridgehead atoms. The zero-order chi connectivity index (χ0) is 21.8. The van der Waals surface area contributed by atoms with Gasteiger partial charge in [0.15, 0.2) is 6.61 Å². The number of amides is 1. The Morgan fingerprint density at radius 3 is 2.71 bits per heavy atom. The van der Waals surface area contributed by atoms with Gasteiger partial charge in [-0.25, -0.2) is 0 Å². The van der Waals surface area contributed by atoms with Crippen LogP contribution in [0.5, 0.6) is 5.88 Å². The Labute approximate surface area is 183 Å². The lowest BCUT2D eigenvalue weighted by Gasteiger charge is -2.35. The van der Waals surface area contributed by atoms with Crippen LogP contribution in [0.15, 0.2) is 30.3 Å². The number of pyridine rings is 1. The van der Waals surface area contributed by atoms with E-state index < -0.39 is 0 Å². The van der Waals surface area contributed by atoms with Gasteiger partial charge in [-0.1, -0.05) is 30.3 Å². The first kappa shape index (κ1) is 21.1. The summed E-state index contributed by atoms with van der Waals surface area (Å²) in [5.41, 5.74) is 2.95. The lowest BCUT2D eigenvalue weighted by atomic mass is 9.89. The summed E-state index contributed by atoms with van der Waals surface area (Å²) < 4.78 is 11.8. The van der Waals surface area contributed by atoms with Gasteiger partial charge in [-0.2, -0.15) is 10.2 Å². The minimum atomic E-state index is -0.368. The Hall–Kier alpha value is -3.11. The van der Waals surface area contributed by atoms with Crippen LogP contribution in [0.4, 0.5) is 5.82 Å². The van der Waals surface area contributed by atoms with E-state index in [1.807, 2.05) is 44.2 Å². The van der Waals surface area contributed by atoms with Crippen LogP contribution >= 0.6 is 0 Å². The molecule has 2 aromatic rings. The van der Waals surface area contributed by atoms with Crippen LogP contribution < -0.4 is 15.0 Å². The summed E-state index contributed by atoms with van der Waals surface area (Å²) in [6.45, 7) is 6.54. The van der Waals surface area contributed by atoms with Crippen molar-refractivity contribution >= 4 is 11.7 Å². The number of hydrogen-bond donors (Lipinski definition) is 1. The summed E-state index contributed by atoms with van der Waals surface area (Å²) in [5, 5.41) is 12.7. The highest BCUT2D eigenvalue weighted by Crippen LogP contribution is 2.39. The van der Waals surface area contributed by atoms with Crippen molar-refractivity contribution in [3.8, 4) is 11.9 Å². The first-order valence-electron chi connectivity index (χ1n) is 10.7. The number of nitrogens with one attached hydrogen (secondary N) is 1. The molecule has 31 heavy (non-hydrogen) atoms. The zero-order valence-electron chi connectivity index (χ0n) is 18.1. The van der Waals surface area contributed by atoms with Gasteiger partial charge in [0.25, 0.3) is 5.91 Å². The predicted molar refractivity (Wildman–Crippen MR) is 117 cm³/mol. The van der Waals surface area contributed by atoms with Gasteiger partial charge in [-0.15, -0.1) is 0 Å². The normalized spacial score (nSPS) is 17.0. The smallest absolute Gasteiger partial charge is 0.258 e. The Balaban J connectivity index is 1.55. The number of carbonyl (C=O) groups excluding carboxylic acids is 1. The van der Waals surface area contributed by atoms with E-state index in [1.165, 1.54) is 0 Å². The van der Waals surface area contributed by atoms with Crippen LogP contribution in [0.3, 0.4) is 0 Å². The minimum absolute atomic E-state index is 0.188. The average molecular weight is 421 g/mol. The molecule has 3 heterocycles. The number of nitriles is 1. The summed E-state index contributed by atoms with van der Waals surface area (Å²) in [6, 6.07) is 12.0. The Kier molecular flexibility index (Phi) is 6.10. The van der Waals surface area contributed by atoms with E-state index >= 15 is 0 Å². The molecular formula is C24H28N4O3. The van der Waals surface area contributed by atoms with Gasteiger partial charge in [-0.05, 0) is 37.8 Å². The quantitative estimate of drug-likeness (QED) is 0.773. The third-order valence-electron chi connectivity index (χ3n) is 5.76. The van der Waals surface area contributed by atoms with Crippen molar-refractivity contribution in [3.05, 3.63) is 52.6 Å². The van der Waals surface area contributed by atoms with Crippen molar-refractivity contribution in [2.75, 3.05) is 24.6 Å². The summed E-state index contributed by atoms with van der Waals surface area (Å²) >= 11 is 0. The van der Waals surface area contributed by atoms with E-state index in [0.717, 1.165) is 48.4 Å². The number of rotatable bonds is 6. The Morgan fingerprint density at radius 1 is 1.26 bits per heavy atom. The maximum absolute atomic E-state index is 12.3. The molecule has 1 aromatic heterocycles. The fourth-order valence-electron chi connectivity index (χ4n) is 4.12. The number of hydrogen-bond acceptors (Lipinski definition) is 6. The molecule has 0 spiro atoms. The Morgan fingerprint density at radius 2 is 2.00 bits per heavy atom. The van der Waals surface area contributed by atoms with Gasteiger partial charge >= 0.3 is 0 Å². The molecule has 1 saturated heterocycles. The number of fused-ring (bicyclic) bond motifs is 1. The molecule has 0 unspecified atom stereocenters. The fourth-order valence-corrected chi connectivity index (χ4v) is 4.12. The largest absolute Gasteiger partial charge is 0.467 e. The van der Waals surface area contributed by atoms with Crippen molar-refractivity contribution < 1.29 is 14.3 Å². The number of nitrogens with zero attached hydrogens (tertiary/aromatic N) is 3. The van der Waals surface area contributed by atoms with E-state index in [2.05, 4.69) is 16.3 Å². The monoisotopic (exact) mass is 420 g/mol. The van der Waals surface area contributed by atoms with Crippen molar-refractivity contribution in [2.24, 2.45) is 0 Å². The second kappa shape index (κ2) is 8.94. The number of aromatic nitrogens is 1. The van der Waals surface area contributed by atoms with E-state index in [4.69, 9.17) is 14.5 Å². The molecule has 0 aliphatic carbocycles. The van der Waals surface area contributed by atoms with Crippen molar-refractivity contribution in [1.82, 2.24) is 10.3 Å². The van der Waals surface area contributed by atoms with Gasteiger partial charge in [0.2, 0.25) is 5.88 Å². The third kappa shape index (κ3) is 4.80. The van der Waals surface area contributed by atoms with E-state index in [-0.39, 0.29) is 24.0 Å². The second-order valence-electron chi connectivity index (χ2n) is 8.65. The van der Waals surface area contributed by atoms with E-state index in [0.29, 0.717) is 25.1 Å². The Bertz CT molecular complexity index is 992. The van der Waals surface area contributed by atoms with Crippen LogP contribution in [0.1, 0.15) is 48.9 Å². The molecular weight excluding hydrogens is 392 g/mol. The maximum Gasteiger partial charge on any atom is 0.258 e. The summed E-state index contributed by atoms with van der Waals surface area (Å²) in [5.74, 6) is 0.802. The summed E-state index contributed by atoms with van der Waals surface area (Å²) in [6.07, 6.45) is 2.83. The standard InChI is InChI=1S/C24H28N4O3/c1-24(2)12-18-19(13-25)23(27-22(20(18)15-31-24)28-10-6-7-11-28)30-16-21(29)26-14-17-8-4-3-5-9-17/h3-5,8-9H,6-7,10-12,14-16H2,1-2H3,(H,26,29). The van der Waals surface area contributed by atoms with E-state index in [1.54, 1.807) is 0 Å². The molecule has 2 aliphatic heterocycles. The van der Waals surface area contributed by atoms with Gasteiger partial charge in [0.1, 0.15) is 17.5 Å². The lowest BCUT2D eigenvalue weighted by Crippen LogP contribution is -2.35. The summed E-state index contributed by atoms with van der Waals surface area (Å²) in [4.78, 5) is 19.3. The topological polar surface area (TPSA) is 87.5 Å². The molecule has 1 fully saturated rings. The molecule has 1 N–H and O–H groups in total. The van der Waals surface area contributed by atoms with Gasteiger partial charge in [0.05, 0.1) is 12.2 Å². The molecule has 2 aliphatic rings. The van der Waals surface area contributed by atoms with Crippen LogP contribution in [-0.2, 0) is 29.1 Å². The lowest BCUT2D eigenvalue weighted by molar-refractivity contribution is -0.123. The maximum atomic E-state index is 12.3. The number of ether oxygens (including phenoxy) is 2. The molecule has 4 rings (SSSR count). The first-order valence-corrected chi connectivity index (χ1v) is 10.7. The van der Waals surface area contributed by atoms with Crippen LogP contribution in [0.25, 0.3) is 0 Å². The van der Waals surface area contributed by atoms with Gasteiger partial charge in [0, 0.05) is 31.6 Å². The highest BCUT2D eigenvalue weighted by Gasteiger charge is 2.34. The highest BCUT2D eigenvalue weighted by atomic mass is 16.5. The van der Waals surface area contributed by atoms with Gasteiger partial charge < -0.3 is 19.7 Å². The van der Waals surface area contributed by atoms with Crippen molar-refractivity contribution in [3.63, 3.8) is 0 Å². The van der Waals surface area contributed by atoms with Crippen LogP contribution in [0.2, 0.25) is 0 Å². The molecule has 0 atom stereocenters. The minimum Gasteiger partial charge on any atom is -0.467 e. The predicted octanol–water partition coefficient (Wildman–Crippen LogP) is 3.10. The second-order valence-corrected chi connectivity index (χ2v) is 8.65. The molecule has 1 aromatic carbocycles. The molecule has 0 saturated carbocycles. The molecule has 1 amide bonds. The van der Waals surface area contributed by atoms with Crippen LogP contribution in [-0.4, -0.2) is 36.2 Å². The zero-order valence-corrected chi connectivity index (χ0v) is 18.1. The first-order chi connectivity index (χ1) is 15.0. The molecule has 7 heteroatoms. The molecule has 7 nitrogen and oxygen atoms in total. The number of anilines is 1. The van der Waals surface area contributed by atoms with Gasteiger partial charge in [-0.3, -0.25) is 4.79 Å². The fraction of sp³-hybridized carbons (Fsp3) is 0.458. The molecule has 0 radical (unpaired) electrons. The highest BCUT2D eigenvalue weighted by molar-refractivity contribution is 5.77. The van der Waals surface area contributed by atoms with E-state index in [9.17, 15) is 10.1 Å². The van der Waals surface area contributed by atoms with Crippen LogP contribution in [0, 0.1) is 11.3 Å². The average Bonchev–Trinajstić information content (AvgIpc) is 3.30. The van der Waals surface area contributed by atoms with Crippen molar-refractivity contribution in [1.29, 1.82) is 5.26 Å². The SMILES string of the molecule is CC1(C)Cc2c(C#N)c(OCC(=O)NCc3ccccc3)nc(N3CCCC3)c2CO1. The number of carbonyl (C=O) groups is 1. The molecule has 162 valence electrons. The number of benzene rings is 1. The summed E-state index contributed by atoms with van der Waals surface area (Å²) in [7, 11) is 0. The third-order valence-corrected chi connectivity index (χ3v) is 5.76.